The molecule has 0 saturated heterocycles. The number of nitrogens with two attached hydrogens (primary N) is 1. The van der Waals surface area contributed by atoms with Gasteiger partial charge in [0, 0.05) is 18.5 Å². The van der Waals surface area contributed by atoms with Crippen molar-refractivity contribution in [2.45, 2.75) is 40.2 Å². The molecule has 0 amide bonds. The zero-order valence-corrected chi connectivity index (χ0v) is 9.92. The van der Waals surface area contributed by atoms with Gasteiger partial charge >= 0.3 is 0 Å². The van der Waals surface area contributed by atoms with Crippen molar-refractivity contribution < 1.29 is 4.79 Å². The third kappa shape index (κ3) is 5.35. The lowest BCUT2D eigenvalue weighted by Crippen LogP contribution is -2.38. The summed E-state index contributed by atoms with van der Waals surface area (Å²) in [6.45, 7) is 10.3. The molecule has 0 radical (unpaired) electrons. The Balaban J connectivity index is 4.02. The summed E-state index contributed by atoms with van der Waals surface area (Å²) in [4.78, 5) is 13.7. The van der Waals surface area contributed by atoms with Crippen LogP contribution in [0.1, 0.15) is 34.1 Å². The largest absolute Gasteiger partial charge is 0.330 e. The van der Waals surface area contributed by atoms with E-state index in [4.69, 9.17) is 5.73 Å². The summed E-state index contributed by atoms with van der Waals surface area (Å²) in [5.74, 6) is 0.449. The maximum atomic E-state index is 11.5. The smallest absolute Gasteiger partial charge is 0.149 e. The fourth-order valence-corrected chi connectivity index (χ4v) is 1.20. The Labute approximate surface area is 87.6 Å². The monoisotopic (exact) mass is 200 g/mol. The molecule has 0 aromatic carbocycles. The highest BCUT2D eigenvalue weighted by Crippen LogP contribution is 2.03. The van der Waals surface area contributed by atoms with E-state index in [-0.39, 0.29) is 5.92 Å². The fraction of sp³-hybridized carbons (Fsp3) is 0.909. The van der Waals surface area contributed by atoms with Gasteiger partial charge < -0.3 is 5.73 Å². The van der Waals surface area contributed by atoms with Gasteiger partial charge in [-0.25, -0.2) is 0 Å². The van der Waals surface area contributed by atoms with E-state index in [2.05, 4.69) is 18.7 Å². The lowest BCUT2D eigenvalue weighted by atomic mass is 10.1. The number of nitrogens with zero attached hydrogens (tertiary/aromatic N) is 1. The molecule has 0 aromatic heterocycles. The summed E-state index contributed by atoms with van der Waals surface area (Å²) >= 11 is 0. The Morgan fingerprint density at radius 1 is 1.29 bits per heavy atom. The van der Waals surface area contributed by atoms with Crippen LogP contribution in [-0.4, -0.2) is 36.4 Å². The van der Waals surface area contributed by atoms with E-state index in [0.717, 1.165) is 13.0 Å². The Bertz CT molecular complexity index is 167. The number of hydrogen-bond acceptors (Lipinski definition) is 3. The zero-order valence-electron chi connectivity index (χ0n) is 9.92. The molecule has 14 heavy (non-hydrogen) atoms. The molecule has 0 heterocycles. The van der Waals surface area contributed by atoms with E-state index >= 15 is 0 Å². The first kappa shape index (κ1) is 13.6. The molecule has 0 aromatic rings. The van der Waals surface area contributed by atoms with Crippen LogP contribution in [0, 0.1) is 5.92 Å². The van der Waals surface area contributed by atoms with Gasteiger partial charge in [-0.3, -0.25) is 9.69 Å². The lowest BCUT2D eigenvalue weighted by molar-refractivity contribution is -0.123. The predicted octanol–water partition coefficient (Wildman–Crippen LogP) is 1.27. The second-order valence-electron chi connectivity index (χ2n) is 4.33. The first-order valence-corrected chi connectivity index (χ1v) is 5.45. The average molecular weight is 200 g/mol. The van der Waals surface area contributed by atoms with Crippen LogP contribution in [-0.2, 0) is 4.79 Å². The number of rotatable bonds is 7. The molecule has 0 aliphatic rings. The third-order valence-corrected chi connectivity index (χ3v) is 2.38. The van der Waals surface area contributed by atoms with E-state index in [1.54, 1.807) is 0 Å². The van der Waals surface area contributed by atoms with Crippen molar-refractivity contribution in [1.29, 1.82) is 0 Å². The van der Waals surface area contributed by atoms with Crippen molar-refractivity contribution in [3.05, 3.63) is 0 Å². The molecule has 2 N–H and O–H groups in total. The van der Waals surface area contributed by atoms with Crippen LogP contribution in [0.15, 0.2) is 0 Å². The van der Waals surface area contributed by atoms with Crippen LogP contribution in [0.25, 0.3) is 0 Å². The van der Waals surface area contributed by atoms with Crippen LogP contribution in [0.4, 0.5) is 0 Å². The summed E-state index contributed by atoms with van der Waals surface area (Å²) in [5.41, 5.74) is 5.46. The fourth-order valence-electron chi connectivity index (χ4n) is 1.20. The quantitative estimate of drug-likeness (QED) is 0.673. The molecule has 0 aliphatic heterocycles. The van der Waals surface area contributed by atoms with Gasteiger partial charge in [0.2, 0.25) is 0 Å². The van der Waals surface area contributed by atoms with Crippen molar-refractivity contribution in [2.24, 2.45) is 11.7 Å². The van der Waals surface area contributed by atoms with Crippen LogP contribution < -0.4 is 5.73 Å². The van der Waals surface area contributed by atoms with Crippen molar-refractivity contribution in [3.8, 4) is 0 Å². The second-order valence-corrected chi connectivity index (χ2v) is 4.33. The van der Waals surface area contributed by atoms with E-state index < -0.39 is 0 Å². The first-order valence-electron chi connectivity index (χ1n) is 5.45. The SMILES string of the molecule is CC(C)C(=O)CN(CCCN)C(C)C. The van der Waals surface area contributed by atoms with Gasteiger partial charge in [-0.15, -0.1) is 0 Å². The summed E-state index contributed by atoms with van der Waals surface area (Å²) in [6, 6.07) is 0.421. The molecule has 0 spiro atoms. The molecule has 0 aliphatic carbocycles. The van der Waals surface area contributed by atoms with Crippen LogP contribution >= 0.6 is 0 Å². The number of ketones is 1. The Morgan fingerprint density at radius 2 is 1.86 bits per heavy atom. The van der Waals surface area contributed by atoms with Gasteiger partial charge in [0.1, 0.15) is 5.78 Å². The van der Waals surface area contributed by atoms with Gasteiger partial charge in [-0.05, 0) is 26.8 Å². The van der Waals surface area contributed by atoms with Crippen molar-refractivity contribution in [2.75, 3.05) is 19.6 Å². The van der Waals surface area contributed by atoms with Crippen LogP contribution in [0.2, 0.25) is 0 Å². The molecule has 84 valence electrons. The highest BCUT2D eigenvalue weighted by molar-refractivity contribution is 5.82. The van der Waals surface area contributed by atoms with Crippen molar-refractivity contribution in [3.63, 3.8) is 0 Å². The normalized spacial score (nSPS) is 11.7. The van der Waals surface area contributed by atoms with Gasteiger partial charge in [-0.2, -0.15) is 0 Å². The van der Waals surface area contributed by atoms with E-state index in [1.165, 1.54) is 0 Å². The highest BCUT2D eigenvalue weighted by atomic mass is 16.1. The minimum atomic E-state index is 0.133. The summed E-state index contributed by atoms with van der Waals surface area (Å²) in [7, 11) is 0. The second kappa shape index (κ2) is 6.96. The minimum Gasteiger partial charge on any atom is -0.330 e. The molecule has 3 heteroatoms. The molecule has 0 saturated carbocycles. The van der Waals surface area contributed by atoms with Gasteiger partial charge in [-0.1, -0.05) is 13.8 Å². The zero-order chi connectivity index (χ0) is 11.1. The molecular weight excluding hydrogens is 176 g/mol. The predicted molar refractivity (Wildman–Crippen MR) is 60.2 cm³/mol. The lowest BCUT2D eigenvalue weighted by Gasteiger charge is -2.26. The molecule has 3 nitrogen and oxygen atoms in total. The van der Waals surface area contributed by atoms with E-state index in [1.807, 2.05) is 13.8 Å². The maximum Gasteiger partial charge on any atom is 0.149 e. The van der Waals surface area contributed by atoms with Crippen molar-refractivity contribution in [1.82, 2.24) is 4.90 Å². The molecular formula is C11H24N2O. The highest BCUT2D eigenvalue weighted by Gasteiger charge is 2.15. The average Bonchev–Trinajstić information content (AvgIpc) is 2.10. The topological polar surface area (TPSA) is 46.3 Å². The minimum absolute atomic E-state index is 0.133. The molecule has 0 fully saturated rings. The Kier molecular flexibility index (Phi) is 6.75. The van der Waals surface area contributed by atoms with E-state index in [0.29, 0.717) is 24.9 Å². The molecule has 0 bridgehead atoms. The number of carbonyl (C=O) groups is 1. The third-order valence-electron chi connectivity index (χ3n) is 2.38. The molecule has 0 atom stereocenters. The summed E-state index contributed by atoms with van der Waals surface area (Å²) in [5, 5.41) is 0. The van der Waals surface area contributed by atoms with Gasteiger partial charge in [0.05, 0.1) is 6.54 Å². The van der Waals surface area contributed by atoms with Crippen LogP contribution in [0.3, 0.4) is 0 Å². The Morgan fingerprint density at radius 3 is 2.21 bits per heavy atom. The first-order chi connectivity index (χ1) is 6.49. The number of Topliss-reactive ketones (excluding diaryl/α,β-unsaturated/α-hetero) is 1. The maximum absolute atomic E-state index is 11.5. The Hall–Kier alpha value is -0.410. The standard InChI is InChI=1S/C11H24N2O/c1-9(2)11(14)8-13(10(3)4)7-5-6-12/h9-10H,5-8,12H2,1-4H3. The van der Waals surface area contributed by atoms with E-state index in [9.17, 15) is 4.79 Å². The summed E-state index contributed by atoms with van der Waals surface area (Å²) < 4.78 is 0. The van der Waals surface area contributed by atoms with Gasteiger partial charge in [0.25, 0.3) is 0 Å². The number of carbonyl (C=O) groups excluding carboxylic acids is 1. The van der Waals surface area contributed by atoms with Gasteiger partial charge in [0.15, 0.2) is 0 Å². The molecule has 0 rings (SSSR count). The van der Waals surface area contributed by atoms with Crippen molar-refractivity contribution >= 4 is 5.78 Å². The van der Waals surface area contributed by atoms with Crippen LogP contribution in [0.5, 0.6) is 0 Å². The summed E-state index contributed by atoms with van der Waals surface area (Å²) in [6.07, 6.45) is 0.962. The number of hydrogen-bond donors (Lipinski definition) is 1. The molecule has 0 unspecified atom stereocenters.